The summed E-state index contributed by atoms with van der Waals surface area (Å²) >= 11 is 12.3. The van der Waals surface area contributed by atoms with Crippen LogP contribution in [0.5, 0.6) is 0 Å². The molecule has 144 valence electrons. The SMILES string of the molecule is Cn1c(NC(=O)c2ccc(Cl)cc2)c(-c2ccccc2Cl)c(=O)c2ccccc21. The number of carbonyl (C=O) groups excluding carboxylic acids is 1. The Balaban J connectivity index is 1.96. The van der Waals surface area contributed by atoms with Crippen LogP contribution in [0.25, 0.3) is 22.0 Å². The van der Waals surface area contributed by atoms with Crippen LogP contribution in [0.3, 0.4) is 0 Å². The van der Waals surface area contributed by atoms with E-state index in [1.807, 2.05) is 18.2 Å². The molecular formula is C23H16Cl2N2O2. The van der Waals surface area contributed by atoms with E-state index in [9.17, 15) is 9.59 Å². The largest absolute Gasteiger partial charge is 0.330 e. The Labute approximate surface area is 177 Å². The lowest BCUT2D eigenvalue weighted by molar-refractivity contribution is 0.102. The fraction of sp³-hybridized carbons (Fsp3) is 0.0435. The Morgan fingerprint density at radius 3 is 2.28 bits per heavy atom. The maximum atomic E-state index is 13.4. The highest BCUT2D eigenvalue weighted by Crippen LogP contribution is 2.33. The van der Waals surface area contributed by atoms with E-state index in [4.69, 9.17) is 23.2 Å². The van der Waals surface area contributed by atoms with E-state index in [1.54, 1.807) is 66.2 Å². The zero-order chi connectivity index (χ0) is 20.5. The Kier molecular flexibility index (Phi) is 5.14. The van der Waals surface area contributed by atoms with Gasteiger partial charge in [-0.3, -0.25) is 9.59 Å². The van der Waals surface area contributed by atoms with Crippen molar-refractivity contribution in [1.29, 1.82) is 0 Å². The van der Waals surface area contributed by atoms with E-state index in [0.717, 1.165) is 0 Å². The Morgan fingerprint density at radius 1 is 0.897 bits per heavy atom. The molecule has 0 aliphatic carbocycles. The highest BCUT2D eigenvalue weighted by molar-refractivity contribution is 6.33. The molecule has 4 aromatic rings. The third-order valence-corrected chi connectivity index (χ3v) is 5.37. The van der Waals surface area contributed by atoms with Crippen molar-refractivity contribution in [3.8, 4) is 11.1 Å². The lowest BCUT2D eigenvalue weighted by atomic mass is 10.0. The number of aromatic nitrogens is 1. The summed E-state index contributed by atoms with van der Waals surface area (Å²) in [5.74, 6) is 0.0296. The molecule has 1 N–H and O–H groups in total. The lowest BCUT2D eigenvalue weighted by Crippen LogP contribution is -2.21. The van der Waals surface area contributed by atoms with Crippen LogP contribution in [-0.2, 0) is 7.05 Å². The summed E-state index contributed by atoms with van der Waals surface area (Å²) in [6.07, 6.45) is 0. The van der Waals surface area contributed by atoms with Crippen molar-refractivity contribution in [2.75, 3.05) is 5.32 Å². The molecule has 0 saturated carbocycles. The summed E-state index contributed by atoms with van der Waals surface area (Å²) in [6, 6.07) is 20.9. The number of anilines is 1. The van der Waals surface area contributed by atoms with Gasteiger partial charge < -0.3 is 9.88 Å². The second kappa shape index (κ2) is 7.74. The number of nitrogens with one attached hydrogen (secondary N) is 1. The van der Waals surface area contributed by atoms with Crippen molar-refractivity contribution in [3.05, 3.63) is 98.6 Å². The Bertz CT molecular complexity index is 1290. The molecule has 0 fully saturated rings. The van der Waals surface area contributed by atoms with E-state index < -0.39 is 0 Å². The van der Waals surface area contributed by atoms with E-state index in [2.05, 4.69) is 5.32 Å². The number of nitrogens with zero attached hydrogens (tertiary/aromatic N) is 1. The van der Waals surface area contributed by atoms with Gasteiger partial charge in [-0.1, -0.05) is 53.5 Å². The van der Waals surface area contributed by atoms with Crippen LogP contribution in [0.4, 0.5) is 5.82 Å². The number of amides is 1. The maximum absolute atomic E-state index is 13.4. The van der Waals surface area contributed by atoms with Gasteiger partial charge >= 0.3 is 0 Å². The van der Waals surface area contributed by atoms with Crippen LogP contribution in [0, 0.1) is 0 Å². The molecule has 0 saturated heterocycles. The van der Waals surface area contributed by atoms with Crippen molar-refractivity contribution in [2.45, 2.75) is 0 Å². The first-order chi connectivity index (χ1) is 14.0. The standard InChI is InChI=1S/C23H16Cl2N2O2/c1-27-19-9-5-3-7-17(19)21(28)20(16-6-2-4-8-18(16)25)22(27)26-23(29)14-10-12-15(24)13-11-14/h2-13H,1H3,(H,26,29). The van der Waals surface area contributed by atoms with Gasteiger partial charge in [-0.2, -0.15) is 0 Å². The average molecular weight is 423 g/mol. The summed E-state index contributed by atoms with van der Waals surface area (Å²) < 4.78 is 1.79. The van der Waals surface area contributed by atoms with E-state index in [1.165, 1.54) is 0 Å². The van der Waals surface area contributed by atoms with Crippen LogP contribution in [0.15, 0.2) is 77.6 Å². The third kappa shape index (κ3) is 3.53. The minimum atomic E-state index is -0.347. The highest BCUT2D eigenvalue weighted by atomic mass is 35.5. The van der Waals surface area contributed by atoms with Crippen molar-refractivity contribution >= 4 is 45.8 Å². The van der Waals surface area contributed by atoms with E-state index >= 15 is 0 Å². The van der Waals surface area contributed by atoms with Gasteiger partial charge in [-0.05, 0) is 42.5 Å². The molecule has 0 bridgehead atoms. The fourth-order valence-electron chi connectivity index (χ4n) is 3.33. The summed E-state index contributed by atoms with van der Waals surface area (Å²) in [5.41, 5.74) is 1.85. The van der Waals surface area contributed by atoms with Gasteiger partial charge in [-0.25, -0.2) is 0 Å². The van der Waals surface area contributed by atoms with Crippen LogP contribution in [0.2, 0.25) is 10.0 Å². The molecule has 4 nitrogen and oxygen atoms in total. The van der Waals surface area contributed by atoms with Gasteiger partial charge in [0.15, 0.2) is 5.43 Å². The minimum Gasteiger partial charge on any atom is -0.330 e. The molecular weight excluding hydrogens is 407 g/mol. The van der Waals surface area contributed by atoms with E-state index in [-0.39, 0.29) is 11.3 Å². The maximum Gasteiger partial charge on any atom is 0.256 e. The number of para-hydroxylation sites is 1. The predicted octanol–water partition coefficient (Wildman–Crippen LogP) is 5.76. The van der Waals surface area contributed by atoms with Gasteiger partial charge in [-0.15, -0.1) is 0 Å². The molecule has 6 heteroatoms. The number of pyridine rings is 1. The summed E-state index contributed by atoms with van der Waals surface area (Å²) in [6.45, 7) is 0. The summed E-state index contributed by atoms with van der Waals surface area (Å²) in [5, 5.41) is 4.42. The molecule has 1 aromatic heterocycles. The number of halogens is 2. The molecule has 0 spiro atoms. The van der Waals surface area contributed by atoms with Gasteiger partial charge in [0.1, 0.15) is 5.82 Å². The number of rotatable bonds is 3. The predicted molar refractivity (Wildman–Crippen MR) is 119 cm³/mol. The number of hydrogen-bond donors (Lipinski definition) is 1. The molecule has 4 rings (SSSR count). The van der Waals surface area contributed by atoms with Crippen molar-refractivity contribution in [1.82, 2.24) is 4.57 Å². The lowest BCUT2D eigenvalue weighted by Gasteiger charge is -2.19. The molecule has 29 heavy (non-hydrogen) atoms. The first kappa shape index (κ1) is 19.2. The summed E-state index contributed by atoms with van der Waals surface area (Å²) in [7, 11) is 1.81. The quantitative estimate of drug-likeness (QED) is 0.455. The number of benzene rings is 3. The second-order valence-corrected chi connectivity index (χ2v) is 7.41. The minimum absolute atomic E-state index is 0.196. The Hall–Kier alpha value is -3.08. The summed E-state index contributed by atoms with van der Waals surface area (Å²) in [4.78, 5) is 26.3. The Morgan fingerprint density at radius 2 is 1.55 bits per heavy atom. The average Bonchev–Trinajstić information content (AvgIpc) is 2.73. The fourth-order valence-corrected chi connectivity index (χ4v) is 3.69. The van der Waals surface area contributed by atoms with Crippen LogP contribution >= 0.6 is 23.2 Å². The van der Waals surface area contributed by atoms with E-state index in [0.29, 0.717) is 43.5 Å². The first-order valence-electron chi connectivity index (χ1n) is 8.91. The van der Waals surface area contributed by atoms with Crippen LogP contribution < -0.4 is 10.7 Å². The van der Waals surface area contributed by atoms with Gasteiger partial charge in [0, 0.05) is 33.6 Å². The molecule has 1 heterocycles. The topological polar surface area (TPSA) is 51.1 Å². The zero-order valence-corrected chi connectivity index (χ0v) is 17.0. The normalized spacial score (nSPS) is 10.9. The molecule has 0 aliphatic rings. The second-order valence-electron chi connectivity index (χ2n) is 6.57. The molecule has 0 atom stereocenters. The third-order valence-electron chi connectivity index (χ3n) is 4.79. The number of carbonyl (C=O) groups is 1. The molecule has 1 amide bonds. The van der Waals surface area contributed by atoms with Crippen LogP contribution in [0.1, 0.15) is 10.4 Å². The smallest absolute Gasteiger partial charge is 0.256 e. The molecule has 3 aromatic carbocycles. The monoisotopic (exact) mass is 422 g/mol. The molecule has 0 aliphatic heterocycles. The zero-order valence-electron chi connectivity index (χ0n) is 15.4. The van der Waals surface area contributed by atoms with Gasteiger partial charge in [0.25, 0.3) is 5.91 Å². The molecule has 0 unspecified atom stereocenters. The molecule has 0 radical (unpaired) electrons. The highest BCUT2D eigenvalue weighted by Gasteiger charge is 2.20. The van der Waals surface area contributed by atoms with Gasteiger partial charge in [0.05, 0.1) is 11.1 Å². The number of hydrogen-bond acceptors (Lipinski definition) is 2. The van der Waals surface area contributed by atoms with Crippen molar-refractivity contribution in [3.63, 3.8) is 0 Å². The number of fused-ring (bicyclic) bond motifs is 1. The van der Waals surface area contributed by atoms with Crippen molar-refractivity contribution in [2.24, 2.45) is 7.05 Å². The van der Waals surface area contributed by atoms with Crippen molar-refractivity contribution < 1.29 is 4.79 Å². The number of aryl methyl sites for hydroxylation is 1. The van der Waals surface area contributed by atoms with Gasteiger partial charge in [0.2, 0.25) is 0 Å². The first-order valence-corrected chi connectivity index (χ1v) is 9.66. The van der Waals surface area contributed by atoms with Crippen LogP contribution in [-0.4, -0.2) is 10.5 Å².